The minimum Gasteiger partial charge on any atom is -0.462 e. The number of carbonyl (C=O) groups excluding carboxylic acids is 2. The summed E-state index contributed by atoms with van der Waals surface area (Å²) < 4.78 is 32.7. The maximum absolute atomic E-state index is 13.7. The van der Waals surface area contributed by atoms with Gasteiger partial charge in [0.1, 0.15) is 5.56 Å². The van der Waals surface area contributed by atoms with Crippen LogP contribution < -0.4 is 9.62 Å². The molecule has 0 aliphatic heterocycles. The van der Waals surface area contributed by atoms with Gasteiger partial charge < -0.3 is 4.74 Å². The summed E-state index contributed by atoms with van der Waals surface area (Å²) in [7, 11) is -4.70. The van der Waals surface area contributed by atoms with Crippen molar-refractivity contribution in [1.82, 2.24) is 25.1 Å². The number of sulfonamides is 1. The van der Waals surface area contributed by atoms with Crippen molar-refractivity contribution < 1.29 is 22.7 Å². The number of urea groups is 1. The Morgan fingerprint density at radius 3 is 2.33 bits per heavy atom. The zero-order valence-corrected chi connectivity index (χ0v) is 19.5. The molecule has 0 bridgehead atoms. The first kappa shape index (κ1) is 23.8. The predicted octanol–water partition coefficient (Wildman–Crippen LogP) is 2.43. The summed E-state index contributed by atoms with van der Waals surface area (Å²) in [6.45, 7) is 8.11. The summed E-state index contributed by atoms with van der Waals surface area (Å²) in [4.78, 5) is 38.1. The number of nitrogens with zero attached hydrogens (tertiary/aromatic N) is 5. The highest BCUT2D eigenvalue weighted by Gasteiger charge is 2.38. The number of hydrogen-bond donors (Lipinski definition) is 2. The van der Waals surface area contributed by atoms with E-state index < -0.39 is 27.0 Å². The van der Waals surface area contributed by atoms with Crippen LogP contribution in [0.1, 0.15) is 40.1 Å². The van der Waals surface area contributed by atoms with Crippen LogP contribution in [0.4, 0.5) is 16.6 Å². The van der Waals surface area contributed by atoms with Gasteiger partial charge in [-0.1, -0.05) is 6.07 Å². The van der Waals surface area contributed by atoms with E-state index in [-0.39, 0.29) is 29.6 Å². The van der Waals surface area contributed by atoms with Gasteiger partial charge in [0.2, 0.25) is 5.95 Å². The van der Waals surface area contributed by atoms with Crippen molar-refractivity contribution in [3.8, 4) is 0 Å². The summed E-state index contributed by atoms with van der Waals surface area (Å²) in [5.74, 6) is -1.17. The second-order valence-electron chi connectivity index (χ2n) is 7.04. The zero-order valence-electron chi connectivity index (χ0n) is 18.7. The molecule has 33 heavy (non-hydrogen) atoms. The Kier molecular flexibility index (Phi) is 6.72. The average molecular weight is 474 g/mol. The molecule has 0 atom stereocenters. The van der Waals surface area contributed by atoms with Gasteiger partial charge in [-0.2, -0.15) is 17.8 Å². The summed E-state index contributed by atoms with van der Waals surface area (Å²) >= 11 is 0. The lowest BCUT2D eigenvalue weighted by atomic mass is 10.3. The first-order chi connectivity index (χ1) is 15.5. The first-order valence-corrected chi connectivity index (χ1v) is 11.3. The Morgan fingerprint density at radius 1 is 1.06 bits per heavy atom. The van der Waals surface area contributed by atoms with Gasteiger partial charge in [-0.3, -0.25) is 10.4 Å². The SMILES string of the molecule is CCOC(=O)c1c(C)n[nH]c1S(=O)(=O)N(C(=O)Nc1nc(C)cc(C)n1)c1cccc(C)n1. The number of carbonyl (C=O) groups is 2. The molecule has 174 valence electrons. The van der Waals surface area contributed by atoms with Crippen LogP contribution in [-0.2, 0) is 14.8 Å². The summed E-state index contributed by atoms with van der Waals surface area (Å²) in [5.41, 5.74) is 1.42. The third-order valence-electron chi connectivity index (χ3n) is 4.36. The fourth-order valence-electron chi connectivity index (χ4n) is 3.04. The van der Waals surface area contributed by atoms with Gasteiger partial charge in [0, 0.05) is 17.1 Å². The standard InChI is InChI=1S/C20H23N7O5S/c1-6-32-18(28)16-14(5)25-26-17(16)33(30,31)27(15-9-7-8-11(2)21-15)20(29)24-19-22-12(3)10-13(4)23-19/h7-10H,6H2,1-5H3,(H,25,26)(H,22,23,24,29). The second-order valence-corrected chi connectivity index (χ2v) is 8.77. The van der Waals surface area contributed by atoms with E-state index in [0.717, 1.165) is 0 Å². The number of pyridine rings is 1. The Hall–Kier alpha value is -3.87. The zero-order chi connectivity index (χ0) is 24.3. The van der Waals surface area contributed by atoms with Crippen LogP contribution in [0, 0.1) is 27.7 Å². The maximum Gasteiger partial charge on any atom is 0.344 e. The molecule has 0 aromatic carbocycles. The van der Waals surface area contributed by atoms with E-state index in [0.29, 0.717) is 21.4 Å². The maximum atomic E-state index is 13.7. The van der Waals surface area contributed by atoms with Crippen LogP contribution in [-0.4, -0.2) is 52.2 Å². The lowest BCUT2D eigenvalue weighted by Crippen LogP contribution is -2.41. The minimum atomic E-state index is -4.70. The van der Waals surface area contributed by atoms with Crippen molar-refractivity contribution in [2.45, 2.75) is 39.6 Å². The number of anilines is 2. The van der Waals surface area contributed by atoms with Crippen LogP contribution in [0.5, 0.6) is 0 Å². The first-order valence-electron chi connectivity index (χ1n) is 9.89. The van der Waals surface area contributed by atoms with Gasteiger partial charge in [-0.05, 0) is 52.8 Å². The molecule has 3 heterocycles. The monoisotopic (exact) mass is 473 g/mol. The molecular weight excluding hydrogens is 450 g/mol. The molecule has 12 nitrogen and oxygen atoms in total. The van der Waals surface area contributed by atoms with E-state index in [2.05, 4.69) is 30.5 Å². The highest BCUT2D eigenvalue weighted by molar-refractivity contribution is 7.93. The highest BCUT2D eigenvalue weighted by atomic mass is 32.2. The fraction of sp³-hybridized carbons (Fsp3) is 0.300. The number of H-pyrrole nitrogens is 1. The molecular formula is C20H23N7O5S. The number of hydrogen-bond acceptors (Lipinski definition) is 9. The van der Waals surface area contributed by atoms with Crippen molar-refractivity contribution in [1.29, 1.82) is 0 Å². The molecule has 3 aromatic heterocycles. The van der Waals surface area contributed by atoms with Gasteiger partial charge in [0.25, 0.3) is 10.0 Å². The Balaban J connectivity index is 2.14. The van der Waals surface area contributed by atoms with E-state index in [4.69, 9.17) is 4.74 Å². The number of aromatic nitrogens is 5. The van der Waals surface area contributed by atoms with Crippen molar-refractivity contribution in [3.05, 3.63) is 52.6 Å². The van der Waals surface area contributed by atoms with Gasteiger partial charge in [-0.15, -0.1) is 0 Å². The molecule has 3 rings (SSSR count). The second kappa shape index (κ2) is 9.32. The van der Waals surface area contributed by atoms with Crippen LogP contribution in [0.3, 0.4) is 0 Å². The van der Waals surface area contributed by atoms with Crippen LogP contribution >= 0.6 is 0 Å². The van der Waals surface area contributed by atoms with Crippen molar-refractivity contribution in [2.24, 2.45) is 0 Å². The molecule has 2 amide bonds. The highest BCUT2D eigenvalue weighted by Crippen LogP contribution is 2.26. The van der Waals surface area contributed by atoms with Crippen LogP contribution in [0.25, 0.3) is 0 Å². The van der Waals surface area contributed by atoms with Crippen LogP contribution in [0.15, 0.2) is 29.3 Å². The number of esters is 1. The number of ether oxygens (including phenoxy) is 1. The lowest BCUT2D eigenvalue weighted by Gasteiger charge is -2.21. The van der Waals surface area contributed by atoms with Crippen molar-refractivity contribution >= 4 is 33.8 Å². The smallest absolute Gasteiger partial charge is 0.344 e. The average Bonchev–Trinajstić information content (AvgIpc) is 3.10. The van der Waals surface area contributed by atoms with Crippen molar-refractivity contribution in [2.75, 3.05) is 16.2 Å². The molecule has 0 aliphatic rings. The third kappa shape index (κ3) is 4.98. The molecule has 0 aliphatic carbocycles. The largest absolute Gasteiger partial charge is 0.462 e. The molecule has 0 saturated carbocycles. The fourth-order valence-corrected chi connectivity index (χ4v) is 4.48. The van der Waals surface area contributed by atoms with Gasteiger partial charge >= 0.3 is 12.0 Å². The molecule has 0 fully saturated rings. The number of nitrogens with one attached hydrogen (secondary N) is 2. The molecule has 0 radical (unpaired) electrons. The lowest BCUT2D eigenvalue weighted by molar-refractivity contribution is 0.0521. The number of aryl methyl sites for hydroxylation is 4. The molecule has 0 saturated heterocycles. The van der Waals surface area contributed by atoms with Crippen molar-refractivity contribution in [3.63, 3.8) is 0 Å². The van der Waals surface area contributed by atoms with Crippen LogP contribution in [0.2, 0.25) is 0 Å². The summed E-state index contributed by atoms with van der Waals surface area (Å²) in [6, 6.07) is 5.14. The third-order valence-corrected chi connectivity index (χ3v) is 6.00. The number of amides is 2. The molecule has 13 heteroatoms. The Labute approximate surface area is 190 Å². The van der Waals surface area contributed by atoms with E-state index >= 15 is 0 Å². The predicted molar refractivity (Wildman–Crippen MR) is 118 cm³/mol. The molecule has 3 aromatic rings. The molecule has 2 N–H and O–H groups in total. The van der Waals surface area contributed by atoms with Gasteiger partial charge in [-0.25, -0.2) is 24.5 Å². The summed E-state index contributed by atoms with van der Waals surface area (Å²) in [5, 5.41) is 7.97. The van der Waals surface area contributed by atoms with E-state index in [1.54, 1.807) is 45.9 Å². The summed E-state index contributed by atoms with van der Waals surface area (Å²) in [6.07, 6.45) is 0. The normalized spacial score (nSPS) is 11.2. The number of aromatic amines is 1. The molecule has 0 unspecified atom stereocenters. The topological polar surface area (TPSA) is 160 Å². The van der Waals surface area contributed by atoms with Gasteiger partial charge in [0.05, 0.1) is 12.3 Å². The van der Waals surface area contributed by atoms with E-state index in [1.165, 1.54) is 13.0 Å². The Morgan fingerprint density at radius 2 is 1.73 bits per heavy atom. The molecule has 0 spiro atoms. The minimum absolute atomic E-state index is 0.0244. The quantitative estimate of drug-likeness (QED) is 0.512. The Bertz CT molecular complexity index is 1300. The van der Waals surface area contributed by atoms with E-state index in [9.17, 15) is 18.0 Å². The van der Waals surface area contributed by atoms with E-state index in [1.807, 2.05) is 0 Å². The number of rotatable bonds is 6. The van der Waals surface area contributed by atoms with Gasteiger partial charge in [0.15, 0.2) is 10.8 Å².